The fraction of sp³-hybridized carbons (Fsp3) is 0.231. The lowest BCUT2D eigenvalue weighted by Crippen LogP contribution is -2.13. The van der Waals surface area contributed by atoms with Gasteiger partial charge >= 0.3 is 5.97 Å². The molecule has 2 aromatic rings. The fourth-order valence-electron chi connectivity index (χ4n) is 1.86. The summed E-state index contributed by atoms with van der Waals surface area (Å²) in [5, 5.41) is 12.3. The van der Waals surface area contributed by atoms with Gasteiger partial charge in [-0.25, -0.2) is 17.2 Å². The van der Waals surface area contributed by atoms with Crippen molar-refractivity contribution >= 4 is 21.7 Å². The second-order valence-corrected chi connectivity index (χ2v) is 6.35. The number of halogens is 2. The van der Waals surface area contributed by atoms with Crippen LogP contribution in [0.25, 0.3) is 0 Å². The van der Waals surface area contributed by atoms with E-state index in [-0.39, 0.29) is 17.0 Å². The number of aromatic nitrogens is 2. The van der Waals surface area contributed by atoms with Crippen LogP contribution in [-0.2, 0) is 27.8 Å². The summed E-state index contributed by atoms with van der Waals surface area (Å²) in [5.41, 5.74) is 0.594. The highest BCUT2D eigenvalue weighted by atomic mass is 32.2. The van der Waals surface area contributed by atoms with Gasteiger partial charge in [-0.3, -0.25) is 14.2 Å². The molecule has 0 radical (unpaired) electrons. The number of carboxylic acids is 1. The van der Waals surface area contributed by atoms with Crippen LogP contribution in [0.3, 0.4) is 0 Å². The monoisotopic (exact) mass is 345 g/mol. The third-order valence-electron chi connectivity index (χ3n) is 2.78. The Hall–Kier alpha value is -2.49. The second-order valence-electron chi connectivity index (χ2n) is 4.67. The van der Waals surface area contributed by atoms with Gasteiger partial charge < -0.3 is 5.11 Å². The van der Waals surface area contributed by atoms with Crippen molar-refractivity contribution in [3.63, 3.8) is 0 Å². The van der Waals surface area contributed by atoms with Gasteiger partial charge in [-0.15, -0.1) is 0 Å². The summed E-state index contributed by atoms with van der Waals surface area (Å²) >= 11 is 0. The molecule has 0 aliphatic rings. The van der Waals surface area contributed by atoms with E-state index >= 15 is 0 Å². The molecule has 0 aliphatic carbocycles. The van der Waals surface area contributed by atoms with Crippen LogP contribution in [0.5, 0.6) is 0 Å². The summed E-state index contributed by atoms with van der Waals surface area (Å²) in [5.74, 6) is -1.04. The van der Waals surface area contributed by atoms with Crippen molar-refractivity contribution in [3.8, 4) is 0 Å². The molecule has 1 heterocycles. The molecular formula is C13H13F2N3O4S. The predicted molar refractivity (Wildman–Crippen MR) is 76.8 cm³/mol. The van der Waals surface area contributed by atoms with Crippen LogP contribution in [0, 0.1) is 0 Å². The van der Waals surface area contributed by atoms with Gasteiger partial charge in [0, 0.05) is 11.9 Å². The molecular weight excluding hydrogens is 332 g/mol. The molecule has 2 N–H and O–H groups in total. The molecule has 0 saturated carbocycles. The number of hydrogen-bond acceptors (Lipinski definition) is 4. The van der Waals surface area contributed by atoms with E-state index in [2.05, 4.69) is 9.82 Å². The molecule has 23 heavy (non-hydrogen) atoms. The van der Waals surface area contributed by atoms with E-state index < -0.39 is 29.0 Å². The number of sulfonamides is 1. The molecule has 124 valence electrons. The minimum Gasteiger partial charge on any atom is -0.481 e. The molecule has 0 aliphatic heterocycles. The van der Waals surface area contributed by atoms with Gasteiger partial charge in [0.2, 0.25) is 0 Å². The van der Waals surface area contributed by atoms with Crippen LogP contribution in [0.4, 0.5) is 14.5 Å². The zero-order valence-corrected chi connectivity index (χ0v) is 12.5. The van der Waals surface area contributed by atoms with E-state index in [1.165, 1.54) is 18.2 Å². The largest absolute Gasteiger partial charge is 0.481 e. The summed E-state index contributed by atoms with van der Waals surface area (Å²) in [6, 6.07) is 5.89. The van der Waals surface area contributed by atoms with Crippen LogP contribution in [0.2, 0.25) is 0 Å². The Morgan fingerprint density at radius 2 is 2.13 bits per heavy atom. The van der Waals surface area contributed by atoms with Crippen LogP contribution in [0.1, 0.15) is 5.56 Å². The number of anilines is 1. The topological polar surface area (TPSA) is 101 Å². The van der Waals surface area contributed by atoms with Gasteiger partial charge in [-0.05, 0) is 17.7 Å². The molecule has 2 rings (SSSR count). The Morgan fingerprint density at radius 1 is 1.39 bits per heavy atom. The summed E-state index contributed by atoms with van der Waals surface area (Å²) in [6.45, 7) is -0.705. The Kier molecular flexibility index (Phi) is 4.94. The lowest BCUT2D eigenvalue weighted by Gasteiger charge is -2.07. The molecule has 7 nitrogen and oxygen atoms in total. The summed E-state index contributed by atoms with van der Waals surface area (Å²) in [4.78, 5) is 10.4. The first kappa shape index (κ1) is 16.9. The third-order valence-corrected chi connectivity index (χ3v) is 4.12. The number of carbonyl (C=O) groups is 1. The highest BCUT2D eigenvalue weighted by molar-refractivity contribution is 7.92. The predicted octanol–water partition coefficient (Wildman–Crippen LogP) is 1.58. The standard InChI is InChI=1S/C13H13F2N3O4S/c14-12(15)8-18-7-11(6-16-18)23(21,22)17-10-3-1-2-9(4-10)5-13(19)20/h1-4,6-7,12,17H,5,8H2,(H,19,20). The van der Waals surface area contributed by atoms with Gasteiger partial charge in [0.1, 0.15) is 11.4 Å². The molecule has 0 atom stereocenters. The second kappa shape index (κ2) is 6.73. The van der Waals surface area contributed by atoms with Crippen molar-refractivity contribution < 1.29 is 27.1 Å². The average Bonchev–Trinajstić information content (AvgIpc) is 2.86. The number of nitrogens with zero attached hydrogens (tertiary/aromatic N) is 2. The molecule has 0 fully saturated rings. The van der Waals surface area contributed by atoms with Crippen molar-refractivity contribution in [2.75, 3.05) is 4.72 Å². The number of hydrogen-bond donors (Lipinski definition) is 2. The first-order valence-corrected chi connectivity index (χ1v) is 7.89. The van der Waals surface area contributed by atoms with Gasteiger partial charge in [-0.2, -0.15) is 5.10 Å². The number of aliphatic carboxylic acids is 1. The molecule has 1 aromatic heterocycles. The van der Waals surface area contributed by atoms with Crippen molar-refractivity contribution in [3.05, 3.63) is 42.2 Å². The normalized spacial score (nSPS) is 11.6. The molecule has 0 bridgehead atoms. The number of benzene rings is 1. The van der Waals surface area contributed by atoms with E-state index in [1.807, 2.05) is 0 Å². The average molecular weight is 345 g/mol. The van der Waals surface area contributed by atoms with Crippen molar-refractivity contribution in [2.45, 2.75) is 24.3 Å². The summed E-state index contributed by atoms with van der Waals surface area (Å²) in [7, 11) is -4.00. The zero-order chi connectivity index (χ0) is 17.0. The van der Waals surface area contributed by atoms with E-state index in [1.54, 1.807) is 6.07 Å². The van der Waals surface area contributed by atoms with Gasteiger partial charge in [0.05, 0.1) is 12.6 Å². The number of rotatable bonds is 7. The minimum absolute atomic E-state index is 0.172. The quantitative estimate of drug-likeness (QED) is 0.793. The number of alkyl halides is 2. The maximum Gasteiger partial charge on any atom is 0.307 e. The molecule has 10 heteroatoms. The Morgan fingerprint density at radius 3 is 2.78 bits per heavy atom. The van der Waals surface area contributed by atoms with Crippen LogP contribution >= 0.6 is 0 Å². The van der Waals surface area contributed by atoms with Crippen LogP contribution < -0.4 is 4.72 Å². The Labute approximate surface area is 130 Å². The van der Waals surface area contributed by atoms with E-state index in [9.17, 15) is 22.0 Å². The SMILES string of the molecule is O=C(O)Cc1cccc(NS(=O)(=O)c2cnn(CC(F)F)c2)c1. The summed E-state index contributed by atoms with van der Waals surface area (Å²) in [6.07, 6.45) is -0.936. The summed E-state index contributed by atoms with van der Waals surface area (Å²) < 4.78 is 51.9. The first-order valence-electron chi connectivity index (χ1n) is 6.40. The van der Waals surface area contributed by atoms with Gasteiger partial charge in [0.15, 0.2) is 0 Å². The van der Waals surface area contributed by atoms with E-state index in [4.69, 9.17) is 5.11 Å². The highest BCUT2D eigenvalue weighted by Crippen LogP contribution is 2.17. The third kappa shape index (κ3) is 4.74. The van der Waals surface area contributed by atoms with Gasteiger partial charge in [-0.1, -0.05) is 12.1 Å². The molecule has 0 amide bonds. The first-order chi connectivity index (χ1) is 10.8. The molecule has 1 aromatic carbocycles. The lowest BCUT2D eigenvalue weighted by atomic mass is 10.1. The van der Waals surface area contributed by atoms with E-state index in [0.29, 0.717) is 5.56 Å². The zero-order valence-electron chi connectivity index (χ0n) is 11.7. The van der Waals surface area contributed by atoms with Crippen molar-refractivity contribution in [1.29, 1.82) is 0 Å². The van der Waals surface area contributed by atoms with Crippen molar-refractivity contribution in [2.24, 2.45) is 0 Å². The minimum atomic E-state index is -4.00. The highest BCUT2D eigenvalue weighted by Gasteiger charge is 2.18. The number of carboxylic acid groups (broad SMARTS) is 1. The molecule has 0 unspecified atom stereocenters. The van der Waals surface area contributed by atoms with Crippen LogP contribution in [-0.4, -0.2) is 35.7 Å². The van der Waals surface area contributed by atoms with Crippen molar-refractivity contribution in [1.82, 2.24) is 9.78 Å². The molecule has 0 spiro atoms. The maximum atomic E-state index is 12.2. The Balaban J connectivity index is 2.17. The Bertz CT molecular complexity index is 805. The lowest BCUT2D eigenvalue weighted by molar-refractivity contribution is -0.136. The maximum absolute atomic E-state index is 12.2. The van der Waals surface area contributed by atoms with Gasteiger partial charge in [0.25, 0.3) is 16.4 Å². The fourth-order valence-corrected chi connectivity index (χ4v) is 2.86. The number of nitrogens with one attached hydrogen (secondary N) is 1. The molecule has 0 saturated heterocycles. The van der Waals surface area contributed by atoms with Crippen LogP contribution in [0.15, 0.2) is 41.6 Å². The smallest absolute Gasteiger partial charge is 0.307 e. The van der Waals surface area contributed by atoms with E-state index in [0.717, 1.165) is 17.1 Å².